The van der Waals surface area contributed by atoms with Gasteiger partial charge in [0, 0.05) is 24.8 Å². The highest BCUT2D eigenvalue weighted by Crippen LogP contribution is 2.31. The molecule has 2 aromatic rings. The maximum Gasteiger partial charge on any atom is 0.262 e. The fourth-order valence-corrected chi connectivity index (χ4v) is 4.88. The van der Waals surface area contributed by atoms with E-state index in [0.717, 1.165) is 19.3 Å². The summed E-state index contributed by atoms with van der Waals surface area (Å²) in [7, 11) is -3.75. The van der Waals surface area contributed by atoms with Crippen LogP contribution in [0.25, 0.3) is 0 Å². The van der Waals surface area contributed by atoms with Gasteiger partial charge in [0.2, 0.25) is 10.0 Å². The van der Waals surface area contributed by atoms with Crippen molar-refractivity contribution in [2.24, 2.45) is 0 Å². The third kappa shape index (κ3) is 5.48. The first kappa shape index (κ1) is 22.0. The molecule has 2 aromatic carbocycles. The minimum absolute atomic E-state index is 0.0232. The second-order valence-electron chi connectivity index (χ2n) is 6.85. The van der Waals surface area contributed by atoms with Crippen LogP contribution in [-0.2, 0) is 14.8 Å². The molecule has 0 aromatic heterocycles. The van der Waals surface area contributed by atoms with E-state index in [0.29, 0.717) is 25.4 Å². The van der Waals surface area contributed by atoms with Gasteiger partial charge in [0.1, 0.15) is 22.2 Å². The molecule has 1 heterocycles. The predicted molar refractivity (Wildman–Crippen MR) is 111 cm³/mol. The van der Waals surface area contributed by atoms with Crippen LogP contribution in [0.3, 0.4) is 0 Å². The molecule has 3 rings (SSSR count). The first-order valence-electron chi connectivity index (χ1n) is 9.85. The van der Waals surface area contributed by atoms with E-state index in [1.165, 1.54) is 40.7 Å². The van der Waals surface area contributed by atoms with E-state index < -0.39 is 21.7 Å². The van der Waals surface area contributed by atoms with Crippen molar-refractivity contribution in [3.05, 3.63) is 48.3 Å². The number of sulfonamides is 1. The van der Waals surface area contributed by atoms with E-state index in [2.05, 4.69) is 5.32 Å². The number of carbonyl (C=O) groups excluding carboxylic acids is 1. The summed E-state index contributed by atoms with van der Waals surface area (Å²) < 4.78 is 51.7. The summed E-state index contributed by atoms with van der Waals surface area (Å²) in [6.07, 6.45) is 2.64. The van der Waals surface area contributed by atoms with Crippen molar-refractivity contribution in [1.29, 1.82) is 0 Å². The van der Waals surface area contributed by atoms with Gasteiger partial charge in [-0.25, -0.2) is 12.8 Å². The summed E-state index contributed by atoms with van der Waals surface area (Å²) in [5, 5.41) is 2.62. The number of carbonyl (C=O) groups is 1. The van der Waals surface area contributed by atoms with E-state index in [4.69, 9.17) is 9.47 Å². The summed E-state index contributed by atoms with van der Waals surface area (Å²) in [6, 6.07) is 9.96. The number of benzene rings is 2. The number of halogens is 1. The Kier molecular flexibility index (Phi) is 7.28. The average molecular weight is 437 g/mol. The van der Waals surface area contributed by atoms with Crippen molar-refractivity contribution in [2.45, 2.75) is 31.1 Å². The smallest absolute Gasteiger partial charge is 0.262 e. The maximum atomic E-state index is 13.2. The molecule has 0 spiro atoms. The largest absolute Gasteiger partial charge is 0.492 e. The molecule has 7 nitrogen and oxygen atoms in total. The topological polar surface area (TPSA) is 84.9 Å². The van der Waals surface area contributed by atoms with Gasteiger partial charge >= 0.3 is 0 Å². The summed E-state index contributed by atoms with van der Waals surface area (Å²) in [5.74, 6) is -0.487. The van der Waals surface area contributed by atoms with Crippen LogP contribution < -0.4 is 14.8 Å². The Balaban J connectivity index is 1.75. The monoisotopic (exact) mass is 436 g/mol. The van der Waals surface area contributed by atoms with Crippen molar-refractivity contribution >= 4 is 21.6 Å². The second kappa shape index (κ2) is 9.90. The lowest BCUT2D eigenvalue weighted by molar-refractivity contribution is -0.118. The Morgan fingerprint density at radius 3 is 2.57 bits per heavy atom. The minimum Gasteiger partial charge on any atom is -0.492 e. The number of nitrogens with zero attached hydrogens (tertiary/aromatic N) is 1. The molecule has 9 heteroatoms. The van der Waals surface area contributed by atoms with Crippen molar-refractivity contribution in [3.8, 4) is 11.5 Å². The zero-order valence-corrected chi connectivity index (χ0v) is 17.6. The van der Waals surface area contributed by atoms with Crippen LogP contribution in [0.4, 0.5) is 10.1 Å². The number of nitrogens with one attached hydrogen (secondary N) is 1. The van der Waals surface area contributed by atoms with Crippen LogP contribution in [0.15, 0.2) is 47.4 Å². The summed E-state index contributed by atoms with van der Waals surface area (Å²) in [5.41, 5.74) is 0.307. The zero-order chi connectivity index (χ0) is 21.6. The second-order valence-corrected chi connectivity index (χ2v) is 8.76. The molecule has 1 fully saturated rings. The molecule has 0 aliphatic carbocycles. The number of hydrogen-bond donors (Lipinski definition) is 1. The van der Waals surface area contributed by atoms with Crippen molar-refractivity contribution in [2.75, 3.05) is 31.6 Å². The number of amides is 1. The first-order chi connectivity index (χ1) is 14.4. The standard InChI is InChI=1S/C21H25FN2O5S/c1-2-28-19-10-9-17(14-20(19)30(26,27)24-11-4-3-5-12-24)23-21(25)15-29-18-8-6-7-16(22)13-18/h6-10,13-14H,2-5,11-12,15H2,1H3,(H,23,25). The Labute approximate surface area is 175 Å². The molecule has 0 radical (unpaired) electrons. The Morgan fingerprint density at radius 1 is 1.10 bits per heavy atom. The van der Waals surface area contributed by atoms with Crippen molar-refractivity contribution in [3.63, 3.8) is 0 Å². The predicted octanol–water partition coefficient (Wildman–Crippen LogP) is 3.42. The van der Waals surface area contributed by atoms with E-state index in [9.17, 15) is 17.6 Å². The van der Waals surface area contributed by atoms with Crippen molar-refractivity contribution < 1.29 is 27.1 Å². The summed E-state index contributed by atoms with van der Waals surface area (Å²) in [4.78, 5) is 12.2. The van der Waals surface area contributed by atoms with Gasteiger partial charge < -0.3 is 14.8 Å². The quantitative estimate of drug-likeness (QED) is 0.686. The molecule has 0 unspecified atom stereocenters. The Morgan fingerprint density at radius 2 is 1.87 bits per heavy atom. The number of rotatable bonds is 8. The molecular formula is C21H25FN2O5S. The van der Waals surface area contributed by atoms with E-state index >= 15 is 0 Å². The lowest BCUT2D eigenvalue weighted by Gasteiger charge is -2.27. The van der Waals surface area contributed by atoms with E-state index in [1.54, 1.807) is 13.0 Å². The highest BCUT2D eigenvalue weighted by Gasteiger charge is 2.29. The lowest BCUT2D eigenvalue weighted by Crippen LogP contribution is -2.35. The normalized spacial score (nSPS) is 14.9. The van der Waals surface area contributed by atoms with Crippen LogP contribution in [0.2, 0.25) is 0 Å². The molecule has 1 N–H and O–H groups in total. The van der Waals surface area contributed by atoms with Gasteiger partial charge in [0.25, 0.3) is 5.91 Å². The van der Waals surface area contributed by atoms with E-state index in [-0.39, 0.29) is 23.0 Å². The summed E-state index contributed by atoms with van der Waals surface area (Å²) >= 11 is 0. The molecule has 0 bridgehead atoms. The zero-order valence-electron chi connectivity index (χ0n) is 16.8. The number of piperidine rings is 1. The van der Waals surface area contributed by atoms with Crippen LogP contribution in [-0.4, -0.2) is 44.9 Å². The van der Waals surface area contributed by atoms with E-state index in [1.807, 2.05) is 0 Å². The van der Waals surface area contributed by atoms with Crippen LogP contribution >= 0.6 is 0 Å². The van der Waals surface area contributed by atoms with Gasteiger partial charge in [0.05, 0.1) is 6.61 Å². The molecule has 1 aliphatic rings. The maximum absolute atomic E-state index is 13.2. The molecule has 1 saturated heterocycles. The fraction of sp³-hybridized carbons (Fsp3) is 0.381. The van der Waals surface area contributed by atoms with Gasteiger partial charge in [-0.1, -0.05) is 12.5 Å². The Hall–Kier alpha value is -2.65. The molecule has 1 amide bonds. The molecule has 1 aliphatic heterocycles. The molecule has 30 heavy (non-hydrogen) atoms. The number of anilines is 1. The van der Waals surface area contributed by atoms with Crippen LogP contribution in [0, 0.1) is 5.82 Å². The van der Waals surface area contributed by atoms with Crippen LogP contribution in [0.1, 0.15) is 26.2 Å². The molecule has 162 valence electrons. The van der Waals surface area contributed by atoms with Gasteiger partial charge in [-0.15, -0.1) is 0 Å². The highest BCUT2D eigenvalue weighted by atomic mass is 32.2. The molecular weight excluding hydrogens is 411 g/mol. The summed E-state index contributed by atoms with van der Waals surface area (Å²) in [6.45, 7) is 2.68. The third-order valence-electron chi connectivity index (χ3n) is 4.63. The average Bonchev–Trinajstić information content (AvgIpc) is 2.74. The third-order valence-corrected chi connectivity index (χ3v) is 6.55. The number of hydrogen-bond acceptors (Lipinski definition) is 5. The van der Waals surface area contributed by atoms with Gasteiger partial charge in [-0.05, 0) is 50.1 Å². The Bertz CT molecular complexity index is 991. The van der Waals surface area contributed by atoms with Gasteiger partial charge in [0.15, 0.2) is 6.61 Å². The fourth-order valence-electron chi connectivity index (χ4n) is 3.21. The highest BCUT2D eigenvalue weighted by molar-refractivity contribution is 7.89. The van der Waals surface area contributed by atoms with Crippen LogP contribution in [0.5, 0.6) is 11.5 Å². The van der Waals surface area contributed by atoms with Gasteiger partial charge in [-0.2, -0.15) is 4.31 Å². The minimum atomic E-state index is -3.75. The molecule has 0 saturated carbocycles. The SMILES string of the molecule is CCOc1ccc(NC(=O)COc2cccc(F)c2)cc1S(=O)(=O)N1CCCCC1. The lowest BCUT2D eigenvalue weighted by atomic mass is 10.2. The first-order valence-corrected chi connectivity index (χ1v) is 11.3. The molecule has 0 atom stereocenters. The van der Waals surface area contributed by atoms with Crippen molar-refractivity contribution in [1.82, 2.24) is 4.31 Å². The number of ether oxygens (including phenoxy) is 2. The van der Waals surface area contributed by atoms with Gasteiger partial charge in [-0.3, -0.25) is 4.79 Å².